The second-order valence-electron chi connectivity index (χ2n) is 4.91. The molecular formula is C15H16N4O2. The predicted molar refractivity (Wildman–Crippen MR) is 80.2 cm³/mol. The van der Waals surface area contributed by atoms with Gasteiger partial charge in [-0.3, -0.25) is 0 Å². The molecule has 0 atom stereocenters. The number of hydrogen-bond donors (Lipinski definition) is 2. The lowest BCUT2D eigenvalue weighted by atomic mass is 10.2. The molecule has 1 aromatic carbocycles. The molecule has 0 radical (unpaired) electrons. The SMILES string of the molecule is O=C(O)c1ccccc1Nc1ccnc(N2CCCC2)n1. The quantitative estimate of drug-likeness (QED) is 0.898. The van der Waals surface area contributed by atoms with Crippen molar-refractivity contribution in [2.75, 3.05) is 23.3 Å². The van der Waals surface area contributed by atoms with Crippen LogP contribution in [-0.4, -0.2) is 34.1 Å². The topological polar surface area (TPSA) is 78.3 Å². The van der Waals surface area contributed by atoms with Crippen LogP contribution in [0.1, 0.15) is 23.2 Å². The first-order chi connectivity index (χ1) is 10.2. The molecule has 21 heavy (non-hydrogen) atoms. The molecule has 2 heterocycles. The van der Waals surface area contributed by atoms with Crippen LogP contribution in [0.25, 0.3) is 0 Å². The van der Waals surface area contributed by atoms with Gasteiger partial charge in [0, 0.05) is 19.3 Å². The number of anilines is 3. The average molecular weight is 284 g/mol. The number of rotatable bonds is 4. The van der Waals surface area contributed by atoms with Crippen molar-refractivity contribution >= 4 is 23.4 Å². The number of aromatic carboxylic acids is 1. The summed E-state index contributed by atoms with van der Waals surface area (Å²) in [5.41, 5.74) is 0.745. The molecule has 0 aliphatic carbocycles. The van der Waals surface area contributed by atoms with Gasteiger partial charge in [-0.1, -0.05) is 12.1 Å². The van der Waals surface area contributed by atoms with Crippen LogP contribution in [0.2, 0.25) is 0 Å². The second kappa shape index (κ2) is 5.78. The third kappa shape index (κ3) is 2.94. The van der Waals surface area contributed by atoms with E-state index in [0.717, 1.165) is 25.9 Å². The molecule has 0 saturated carbocycles. The highest BCUT2D eigenvalue weighted by molar-refractivity contribution is 5.94. The normalized spacial score (nSPS) is 14.2. The highest BCUT2D eigenvalue weighted by atomic mass is 16.4. The van der Waals surface area contributed by atoms with Crippen LogP contribution < -0.4 is 10.2 Å². The van der Waals surface area contributed by atoms with Gasteiger partial charge >= 0.3 is 5.97 Å². The third-order valence-electron chi connectivity index (χ3n) is 3.45. The summed E-state index contributed by atoms with van der Waals surface area (Å²) in [6.45, 7) is 1.93. The van der Waals surface area contributed by atoms with Crippen molar-refractivity contribution in [2.24, 2.45) is 0 Å². The molecule has 1 saturated heterocycles. The Morgan fingerprint density at radius 2 is 1.95 bits per heavy atom. The Morgan fingerprint density at radius 3 is 2.71 bits per heavy atom. The molecule has 0 amide bonds. The lowest BCUT2D eigenvalue weighted by molar-refractivity contribution is 0.0698. The Balaban J connectivity index is 1.85. The van der Waals surface area contributed by atoms with E-state index in [1.165, 1.54) is 0 Å². The minimum absolute atomic E-state index is 0.221. The molecule has 0 spiro atoms. The number of carboxylic acids is 1. The Labute approximate surface area is 122 Å². The molecule has 6 heteroatoms. The predicted octanol–water partition coefficient (Wildman–Crippen LogP) is 2.52. The van der Waals surface area contributed by atoms with Crippen LogP contribution in [0.5, 0.6) is 0 Å². The Kier molecular flexibility index (Phi) is 3.68. The molecule has 0 bridgehead atoms. The monoisotopic (exact) mass is 284 g/mol. The second-order valence-corrected chi connectivity index (χ2v) is 4.91. The van der Waals surface area contributed by atoms with Gasteiger partial charge in [-0.15, -0.1) is 0 Å². The highest BCUT2D eigenvalue weighted by Gasteiger charge is 2.15. The van der Waals surface area contributed by atoms with Gasteiger partial charge in [0.1, 0.15) is 5.82 Å². The molecule has 3 rings (SSSR count). The van der Waals surface area contributed by atoms with E-state index in [9.17, 15) is 9.90 Å². The smallest absolute Gasteiger partial charge is 0.337 e. The number of nitrogens with one attached hydrogen (secondary N) is 1. The van der Waals surface area contributed by atoms with Crippen LogP contribution in [0.4, 0.5) is 17.5 Å². The minimum Gasteiger partial charge on any atom is -0.478 e. The lowest BCUT2D eigenvalue weighted by Gasteiger charge is -2.16. The number of carbonyl (C=O) groups is 1. The van der Waals surface area contributed by atoms with E-state index in [2.05, 4.69) is 20.2 Å². The molecule has 2 N–H and O–H groups in total. The Morgan fingerprint density at radius 1 is 1.19 bits per heavy atom. The Hall–Kier alpha value is -2.63. The summed E-state index contributed by atoms with van der Waals surface area (Å²) in [6.07, 6.45) is 4.00. The van der Waals surface area contributed by atoms with Crippen LogP contribution in [-0.2, 0) is 0 Å². The molecule has 0 unspecified atom stereocenters. The molecule has 1 aliphatic heterocycles. The third-order valence-corrected chi connectivity index (χ3v) is 3.45. The summed E-state index contributed by atoms with van der Waals surface area (Å²) in [5, 5.41) is 12.2. The van der Waals surface area contributed by atoms with Gasteiger partial charge in [0.15, 0.2) is 0 Å². The van der Waals surface area contributed by atoms with Gasteiger partial charge in [-0.05, 0) is 31.0 Å². The lowest BCUT2D eigenvalue weighted by Crippen LogP contribution is -2.20. The van der Waals surface area contributed by atoms with E-state index in [-0.39, 0.29) is 5.56 Å². The summed E-state index contributed by atoms with van der Waals surface area (Å²) in [5.74, 6) is 0.317. The first kappa shape index (κ1) is 13.4. The maximum Gasteiger partial charge on any atom is 0.337 e. The van der Waals surface area contributed by atoms with Crippen LogP contribution in [0.3, 0.4) is 0 Å². The number of para-hydroxylation sites is 1. The first-order valence-corrected chi connectivity index (χ1v) is 6.91. The molecule has 1 aromatic heterocycles. The molecule has 1 aliphatic rings. The van der Waals surface area contributed by atoms with Crippen LogP contribution in [0.15, 0.2) is 36.5 Å². The highest BCUT2D eigenvalue weighted by Crippen LogP contribution is 2.22. The van der Waals surface area contributed by atoms with Crippen molar-refractivity contribution in [3.05, 3.63) is 42.1 Å². The molecular weight excluding hydrogens is 268 g/mol. The summed E-state index contributed by atoms with van der Waals surface area (Å²) in [4.78, 5) is 22.1. The van der Waals surface area contributed by atoms with Crippen molar-refractivity contribution in [1.29, 1.82) is 0 Å². The standard InChI is InChI=1S/C15H16N4O2/c20-14(21)11-5-1-2-6-12(11)17-13-7-8-16-15(18-13)19-9-3-4-10-19/h1-2,5-8H,3-4,9-10H2,(H,20,21)(H,16,17,18). The zero-order valence-corrected chi connectivity index (χ0v) is 11.5. The summed E-state index contributed by atoms with van der Waals surface area (Å²) >= 11 is 0. The van der Waals surface area contributed by atoms with Crippen molar-refractivity contribution in [3.63, 3.8) is 0 Å². The number of carboxylic acid groups (broad SMARTS) is 1. The van der Waals surface area contributed by atoms with Gasteiger partial charge in [-0.25, -0.2) is 9.78 Å². The number of nitrogens with zero attached hydrogens (tertiary/aromatic N) is 3. The van der Waals surface area contributed by atoms with Crippen molar-refractivity contribution in [2.45, 2.75) is 12.8 Å². The van der Waals surface area contributed by atoms with Crippen molar-refractivity contribution < 1.29 is 9.90 Å². The summed E-state index contributed by atoms with van der Waals surface area (Å²) in [6, 6.07) is 8.51. The molecule has 1 fully saturated rings. The zero-order valence-electron chi connectivity index (χ0n) is 11.5. The molecule has 6 nitrogen and oxygen atoms in total. The number of aromatic nitrogens is 2. The van der Waals surface area contributed by atoms with Gasteiger partial charge in [0.2, 0.25) is 5.95 Å². The maximum atomic E-state index is 11.2. The fourth-order valence-electron chi connectivity index (χ4n) is 2.40. The van der Waals surface area contributed by atoms with E-state index in [1.807, 2.05) is 0 Å². The maximum absolute atomic E-state index is 11.2. The van der Waals surface area contributed by atoms with Crippen LogP contribution in [0, 0.1) is 0 Å². The van der Waals surface area contributed by atoms with Gasteiger partial charge in [-0.2, -0.15) is 4.98 Å². The van der Waals surface area contributed by atoms with E-state index in [4.69, 9.17) is 0 Å². The van der Waals surface area contributed by atoms with E-state index in [0.29, 0.717) is 17.5 Å². The van der Waals surface area contributed by atoms with Crippen molar-refractivity contribution in [1.82, 2.24) is 9.97 Å². The van der Waals surface area contributed by atoms with Gasteiger partial charge in [0.25, 0.3) is 0 Å². The number of hydrogen-bond acceptors (Lipinski definition) is 5. The summed E-state index contributed by atoms with van der Waals surface area (Å²) < 4.78 is 0. The fourth-order valence-corrected chi connectivity index (χ4v) is 2.40. The van der Waals surface area contributed by atoms with Crippen LogP contribution >= 0.6 is 0 Å². The Bertz CT molecular complexity index is 654. The van der Waals surface area contributed by atoms with E-state index >= 15 is 0 Å². The summed E-state index contributed by atoms with van der Waals surface area (Å²) in [7, 11) is 0. The van der Waals surface area contributed by atoms with E-state index < -0.39 is 5.97 Å². The van der Waals surface area contributed by atoms with Crippen molar-refractivity contribution in [3.8, 4) is 0 Å². The molecule has 2 aromatic rings. The molecule has 108 valence electrons. The largest absolute Gasteiger partial charge is 0.478 e. The average Bonchev–Trinajstić information content (AvgIpc) is 3.02. The zero-order chi connectivity index (χ0) is 14.7. The number of benzene rings is 1. The van der Waals surface area contributed by atoms with Gasteiger partial charge in [0.05, 0.1) is 11.3 Å². The van der Waals surface area contributed by atoms with E-state index in [1.54, 1.807) is 36.5 Å². The van der Waals surface area contributed by atoms with Gasteiger partial charge < -0.3 is 15.3 Å². The first-order valence-electron chi connectivity index (χ1n) is 6.91. The minimum atomic E-state index is -0.966. The fraction of sp³-hybridized carbons (Fsp3) is 0.267.